The van der Waals surface area contributed by atoms with Crippen molar-refractivity contribution in [3.8, 4) is 0 Å². The van der Waals surface area contributed by atoms with Crippen LogP contribution in [0.25, 0.3) is 21.8 Å². The van der Waals surface area contributed by atoms with E-state index in [9.17, 15) is 4.39 Å². The first-order valence-electron chi connectivity index (χ1n) is 11.9. The minimum Gasteiger partial charge on any atom is -0.368 e. The number of benzene rings is 2. The third kappa shape index (κ3) is 3.99. The number of nitrogens with one attached hydrogen (secondary N) is 2. The van der Waals surface area contributed by atoms with E-state index in [1.807, 2.05) is 18.3 Å². The number of fused-ring (bicyclic) bond motifs is 2. The van der Waals surface area contributed by atoms with Gasteiger partial charge in [0.1, 0.15) is 5.52 Å². The summed E-state index contributed by atoms with van der Waals surface area (Å²) in [5.74, 6) is 0.941. The molecule has 2 N–H and O–H groups in total. The summed E-state index contributed by atoms with van der Waals surface area (Å²) in [5, 5.41) is 18.3. The molecular formula is C25H29ClFN7. The van der Waals surface area contributed by atoms with Gasteiger partial charge in [0.15, 0.2) is 11.6 Å². The van der Waals surface area contributed by atoms with Gasteiger partial charge in [0.25, 0.3) is 0 Å². The molecule has 0 amide bonds. The molecule has 9 heteroatoms. The Morgan fingerprint density at radius 3 is 2.62 bits per heavy atom. The van der Waals surface area contributed by atoms with Crippen molar-refractivity contribution in [1.29, 1.82) is 0 Å². The molecule has 2 aromatic carbocycles. The highest BCUT2D eigenvalue weighted by Gasteiger charge is 2.27. The Kier molecular flexibility index (Phi) is 5.18. The van der Waals surface area contributed by atoms with E-state index >= 15 is 0 Å². The molecule has 2 unspecified atom stereocenters. The summed E-state index contributed by atoms with van der Waals surface area (Å²) < 4.78 is 18.4. The lowest BCUT2D eigenvalue weighted by molar-refractivity contribution is 0.407. The Bertz CT molecular complexity index is 1380. The summed E-state index contributed by atoms with van der Waals surface area (Å²) in [7, 11) is 1.79. The Labute approximate surface area is 202 Å². The fourth-order valence-corrected chi connectivity index (χ4v) is 5.45. The van der Waals surface area contributed by atoms with Crippen LogP contribution >= 0.6 is 11.6 Å². The van der Waals surface area contributed by atoms with Crippen LogP contribution in [-0.2, 0) is 13.6 Å². The molecule has 1 aliphatic carbocycles. The van der Waals surface area contributed by atoms with Gasteiger partial charge >= 0.3 is 0 Å². The highest BCUT2D eigenvalue weighted by Crippen LogP contribution is 2.39. The van der Waals surface area contributed by atoms with E-state index in [0.29, 0.717) is 40.0 Å². The fourth-order valence-electron chi connectivity index (χ4n) is 5.15. The Morgan fingerprint density at radius 2 is 1.88 bits per heavy atom. The van der Waals surface area contributed by atoms with Crippen molar-refractivity contribution in [1.82, 2.24) is 24.9 Å². The SMILES string of the molecule is CC1CN(c2cc(Cl)c3c(Nc4cc(F)c5nn(C)cc5c4)nn(CC4CC4)c3c2)CC(C)N1. The zero-order valence-corrected chi connectivity index (χ0v) is 20.4. The molecule has 0 bridgehead atoms. The number of aromatic nitrogens is 4. The van der Waals surface area contributed by atoms with Crippen LogP contribution in [0.5, 0.6) is 0 Å². The monoisotopic (exact) mass is 481 g/mol. The average molecular weight is 482 g/mol. The Morgan fingerprint density at radius 1 is 1.12 bits per heavy atom. The largest absolute Gasteiger partial charge is 0.368 e. The maximum atomic E-state index is 14.7. The van der Waals surface area contributed by atoms with Crippen molar-refractivity contribution in [3.63, 3.8) is 0 Å². The summed E-state index contributed by atoms with van der Waals surface area (Å²) in [6, 6.07) is 8.41. The highest BCUT2D eigenvalue weighted by atomic mass is 35.5. The summed E-state index contributed by atoms with van der Waals surface area (Å²) in [6.45, 7) is 7.14. The number of piperazine rings is 1. The normalized spacial score (nSPS) is 21.0. The smallest absolute Gasteiger partial charge is 0.161 e. The molecule has 34 heavy (non-hydrogen) atoms. The van der Waals surface area contributed by atoms with Gasteiger partial charge in [-0.2, -0.15) is 10.2 Å². The molecule has 1 aliphatic heterocycles. The van der Waals surface area contributed by atoms with E-state index < -0.39 is 0 Å². The summed E-state index contributed by atoms with van der Waals surface area (Å²) in [6.07, 6.45) is 4.27. The third-order valence-electron chi connectivity index (χ3n) is 6.78. The van der Waals surface area contributed by atoms with E-state index in [4.69, 9.17) is 16.7 Å². The minimum absolute atomic E-state index is 0.360. The fraction of sp³-hybridized carbons (Fsp3) is 0.440. The van der Waals surface area contributed by atoms with E-state index in [2.05, 4.69) is 45.2 Å². The molecule has 2 aromatic heterocycles. The maximum Gasteiger partial charge on any atom is 0.161 e. The number of anilines is 3. The molecular weight excluding hydrogens is 453 g/mol. The lowest BCUT2D eigenvalue weighted by Crippen LogP contribution is -2.54. The summed E-state index contributed by atoms with van der Waals surface area (Å²) in [4.78, 5) is 2.39. The van der Waals surface area contributed by atoms with Gasteiger partial charge in [-0.15, -0.1) is 0 Å². The van der Waals surface area contributed by atoms with Gasteiger partial charge in [-0.3, -0.25) is 9.36 Å². The van der Waals surface area contributed by atoms with Crippen molar-refractivity contribution in [2.75, 3.05) is 23.3 Å². The lowest BCUT2D eigenvalue weighted by atomic mass is 10.1. The van der Waals surface area contributed by atoms with Gasteiger partial charge in [0.05, 0.1) is 15.9 Å². The van der Waals surface area contributed by atoms with Crippen molar-refractivity contribution >= 4 is 50.6 Å². The Balaban J connectivity index is 1.42. The van der Waals surface area contributed by atoms with E-state index in [1.165, 1.54) is 18.9 Å². The van der Waals surface area contributed by atoms with E-state index in [1.54, 1.807) is 11.7 Å². The first-order valence-corrected chi connectivity index (χ1v) is 12.3. The zero-order chi connectivity index (χ0) is 23.6. The first-order chi connectivity index (χ1) is 16.3. The number of rotatable bonds is 5. The second-order valence-electron chi connectivity index (χ2n) is 9.99. The van der Waals surface area contributed by atoms with E-state index in [0.717, 1.165) is 41.6 Å². The predicted octanol–water partition coefficient (Wildman–Crippen LogP) is 5.06. The molecule has 1 saturated heterocycles. The third-order valence-corrected chi connectivity index (χ3v) is 7.08. The van der Waals surface area contributed by atoms with Crippen LogP contribution in [-0.4, -0.2) is 44.7 Å². The Hall–Kier alpha value is -2.84. The molecule has 2 atom stereocenters. The van der Waals surface area contributed by atoms with Crippen LogP contribution in [0.1, 0.15) is 26.7 Å². The average Bonchev–Trinajstić information content (AvgIpc) is 3.40. The van der Waals surface area contributed by atoms with Gasteiger partial charge in [0.2, 0.25) is 0 Å². The topological polar surface area (TPSA) is 62.9 Å². The zero-order valence-electron chi connectivity index (χ0n) is 19.6. The summed E-state index contributed by atoms with van der Waals surface area (Å²) in [5.41, 5.74) is 3.11. The lowest BCUT2D eigenvalue weighted by Gasteiger charge is -2.37. The predicted molar refractivity (Wildman–Crippen MR) is 136 cm³/mol. The number of aryl methyl sites for hydroxylation is 1. The van der Waals surface area contributed by atoms with Gasteiger partial charge < -0.3 is 15.5 Å². The first kappa shape index (κ1) is 21.7. The van der Waals surface area contributed by atoms with Gasteiger partial charge in [-0.05, 0) is 56.9 Å². The number of nitrogens with zero attached hydrogens (tertiary/aromatic N) is 5. The van der Waals surface area contributed by atoms with Crippen molar-refractivity contribution in [2.45, 2.75) is 45.3 Å². The number of hydrogen-bond acceptors (Lipinski definition) is 5. The minimum atomic E-state index is -0.363. The van der Waals surface area contributed by atoms with Crippen LogP contribution in [0.4, 0.5) is 21.6 Å². The van der Waals surface area contributed by atoms with Crippen molar-refractivity contribution in [3.05, 3.63) is 41.3 Å². The van der Waals surface area contributed by atoms with Crippen molar-refractivity contribution < 1.29 is 4.39 Å². The summed E-state index contributed by atoms with van der Waals surface area (Å²) >= 11 is 6.90. The second-order valence-corrected chi connectivity index (χ2v) is 10.4. The molecule has 7 nitrogen and oxygen atoms in total. The highest BCUT2D eigenvalue weighted by molar-refractivity contribution is 6.37. The van der Waals surface area contributed by atoms with Gasteiger partial charge in [0, 0.05) is 61.7 Å². The molecule has 0 spiro atoms. The van der Waals surface area contributed by atoms with E-state index in [-0.39, 0.29) is 5.82 Å². The molecule has 4 aromatic rings. The van der Waals surface area contributed by atoms with Crippen molar-refractivity contribution in [2.24, 2.45) is 13.0 Å². The standard InChI is InChI=1S/C25H29ClFN7/c1-14-10-33(11-15(2)28-14)19-8-20(26)23-22(9-19)34(12-16-4-5-16)31-25(23)29-18-6-17-13-32(3)30-24(17)21(27)7-18/h6-9,13-16,28H,4-5,10-12H2,1-3H3,(H,29,31). The van der Waals surface area contributed by atoms with Gasteiger partial charge in [-0.1, -0.05) is 11.6 Å². The number of halogens is 2. The molecule has 2 fully saturated rings. The maximum absolute atomic E-state index is 14.7. The van der Waals surface area contributed by atoms with Crippen LogP contribution in [0.2, 0.25) is 5.02 Å². The van der Waals surface area contributed by atoms with Gasteiger partial charge in [-0.25, -0.2) is 4.39 Å². The second kappa shape index (κ2) is 8.13. The van der Waals surface area contributed by atoms with Crippen LogP contribution in [0.3, 0.4) is 0 Å². The van der Waals surface area contributed by atoms with Crippen LogP contribution in [0.15, 0.2) is 30.5 Å². The van der Waals surface area contributed by atoms with Crippen LogP contribution < -0.4 is 15.5 Å². The number of hydrogen-bond donors (Lipinski definition) is 2. The molecule has 3 heterocycles. The molecule has 2 aliphatic rings. The quantitative estimate of drug-likeness (QED) is 0.417. The molecule has 1 saturated carbocycles. The molecule has 6 rings (SSSR count). The molecule has 0 radical (unpaired) electrons. The molecule has 178 valence electrons. The van der Waals surface area contributed by atoms with Crippen LogP contribution in [0, 0.1) is 11.7 Å².